The minimum absolute atomic E-state index is 0.0295. The molecule has 0 aliphatic heterocycles. The highest BCUT2D eigenvalue weighted by Gasteiger charge is 2.23. The number of hydrogen-bond acceptors (Lipinski definition) is 0. The molecule has 2 rings (SSSR count). The molecule has 1 atom stereocenters. The molecule has 110 valence electrons. The molecular weight excluding hydrogens is 247 g/mol. The molecule has 0 nitrogen and oxygen atoms in total. The van der Waals surface area contributed by atoms with Crippen molar-refractivity contribution in [3.63, 3.8) is 0 Å². The Morgan fingerprint density at radius 2 is 2.15 bits per heavy atom. The van der Waals surface area contributed by atoms with Gasteiger partial charge in [0.05, 0.1) is 0 Å². The Kier molecular flexibility index (Phi) is 5.82. The van der Waals surface area contributed by atoms with E-state index >= 15 is 0 Å². The van der Waals surface area contributed by atoms with Crippen LogP contribution in [0.3, 0.4) is 0 Å². The summed E-state index contributed by atoms with van der Waals surface area (Å²) in [4.78, 5) is 0. The maximum absolute atomic E-state index is 13.1. The summed E-state index contributed by atoms with van der Waals surface area (Å²) in [5, 5.41) is 0. The van der Waals surface area contributed by atoms with Gasteiger partial charge < -0.3 is 0 Å². The van der Waals surface area contributed by atoms with Crippen molar-refractivity contribution in [2.75, 3.05) is 0 Å². The van der Waals surface area contributed by atoms with Gasteiger partial charge in [-0.15, -0.1) is 0 Å². The highest BCUT2D eigenvalue weighted by atomic mass is 19.1. The Hall–Kier alpha value is -1.11. The molecule has 0 radical (unpaired) electrons. The topological polar surface area (TPSA) is 0 Å². The minimum atomic E-state index is 0.0295. The third-order valence-electron chi connectivity index (χ3n) is 4.26. The summed E-state index contributed by atoms with van der Waals surface area (Å²) in [5.41, 5.74) is 2.96. The van der Waals surface area contributed by atoms with Crippen LogP contribution in [-0.4, -0.2) is 0 Å². The second kappa shape index (κ2) is 7.61. The first-order valence-corrected chi connectivity index (χ1v) is 8.12. The number of hydrogen-bond donors (Lipinski definition) is 0. The Balaban J connectivity index is 1.79. The van der Waals surface area contributed by atoms with Gasteiger partial charge in [-0.3, -0.25) is 0 Å². The van der Waals surface area contributed by atoms with Gasteiger partial charge in [0.15, 0.2) is 0 Å². The van der Waals surface area contributed by atoms with Crippen LogP contribution in [0.5, 0.6) is 0 Å². The molecule has 2 aliphatic carbocycles. The van der Waals surface area contributed by atoms with E-state index in [1.807, 2.05) is 6.08 Å². The average Bonchev–Trinajstić information content (AvgIpc) is 3.24. The number of rotatable bonds is 7. The van der Waals surface area contributed by atoms with E-state index in [2.05, 4.69) is 32.1 Å². The lowest BCUT2D eigenvalue weighted by atomic mass is 9.89. The summed E-state index contributed by atoms with van der Waals surface area (Å²) in [6.45, 7) is 4.32. The molecule has 1 unspecified atom stereocenters. The molecule has 2 aliphatic rings. The summed E-state index contributed by atoms with van der Waals surface area (Å²) in [7, 11) is 0. The lowest BCUT2D eigenvalue weighted by molar-refractivity contribution is 0.508. The molecule has 0 spiro atoms. The molecule has 0 bridgehead atoms. The maximum Gasteiger partial charge on any atom is 0.100 e. The van der Waals surface area contributed by atoms with Crippen molar-refractivity contribution in [1.29, 1.82) is 0 Å². The Bertz CT molecular complexity index is 433. The van der Waals surface area contributed by atoms with E-state index in [0.29, 0.717) is 12.3 Å². The second-order valence-corrected chi connectivity index (χ2v) is 6.14. The predicted molar refractivity (Wildman–Crippen MR) is 85.1 cm³/mol. The largest absolute Gasteiger partial charge is 0.212 e. The molecule has 1 fully saturated rings. The van der Waals surface area contributed by atoms with Crippen LogP contribution in [0.2, 0.25) is 0 Å². The van der Waals surface area contributed by atoms with Crippen LogP contribution in [0.4, 0.5) is 4.39 Å². The first-order chi connectivity index (χ1) is 9.70. The first-order valence-electron chi connectivity index (χ1n) is 8.12. The van der Waals surface area contributed by atoms with Crippen LogP contribution in [0.15, 0.2) is 47.4 Å². The predicted octanol–water partition coefficient (Wildman–Crippen LogP) is 6.28. The molecule has 0 N–H and O–H groups in total. The standard InChI is InChI=1S/C19H27F/c1-3-4-7-17(18-10-11-18)9-6-5-8-16-12-13-19(20)14-15(16)2/h4,7,9,12-13,15,18H,3,5-6,8,10-11,14H2,1-2H3/b7-4-,17-9+. The van der Waals surface area contributed by atoms with Crippen molar-refractivity contribution in [3.8, 4) is 0 Å². The summed E-state index contributed by atoms with van der Waals surface area (Å²) in [5.74, 6) is 1.25. The van der Waals surface area contributed by atoms with Crippen molar-refractivity contribution in [2.45, 2.75) is 58.8 Å². The average molecular weight is 274 g/mol. The van der Waals surface area contributed by atoms with Crippen LogP contribution >= 0.6 is 0 Å². The fourth-order valence-electron chi connectivity index (χ4n) is 2.80. The highest BCUT2D eigenvalue weighted by Crippen LogP contribution is 2.37. The zero-order chi connectivity index (χ0) is 14.4. The van der Waals surface area contributed by atoms with E-state index in [1.54, 1.807) is 11.6 Å². The highest BCUT2D eigenvalue weighted by molar-refractivity contribution is 5.26. The Morgan fingerprint density at radius 3 is 2.80 bits per heavy atom. The van der Waals surface area contributed by atoms with Gasteiger partial charge in [-0.2, -0.15) is 0 Å². The summed E-state index contributed by atoms with van der Waals surface area (Å²) >= 11 is 0. The molecule has 1 heteroatoms. The zero-order valence-corrected chi connectivity index (χ0v) is 12.9. The molecule has 1 saturated carbocycles. The lowest BCUT2D eigenvalue weighted by Gasteiger charge is -2.18. The number of unbranched alkanes of at least 4 members (excludes halogenated alkanes) is 1. The van der Waals surface area contributed by atoms with Crippen LogP contribution < -0.4 is 0 Å². The molecular formula is C19H27F. The van der Waals surface area contributed by atoms with Crippen molar-refractivity contribution in [1.82, 2.24) is 0 Å². The Morgan fingerprint density at radius 1 is 1.35 bits per heavy atom. The van der Waals surface area contributed by atoms with Crippen molar-refractivity contribution in [2.24, 2.45) is 11.8 Å². The van der Waals surface area contributed by atoms with Crippen molar-refractivity contribution in [3.05, 3.63) is 47.4 Å². The lowest BCUT2D eigenvalue weighted by Crippen LogP contribution is -2.03. The van der Waals surface area contributed by atoms with Gasteiger partial charge in [-0.1, -0.05) is 43.7 Å². The first kappa shape index (κ1) is 15.3. The van der Waals surface area contributed by atoms with Crippen LogP contribution in [0.1, 0.15) is 58.8 Å². The molecule has 0 aromatic heterocycles. The number of halogens is 1. The van der Waals surface area contributed by atoms with Gasteiger partial charge in [0.25, 0.3) is 0 Å². The Labute approximate surface area is 123 Å². The zero-order valence-electron chi connectivity index (χ0n) is 12.9. The molecule has 20 heavy (non-hydrogen) atoms. The summed E-state index contributed by atoms with van der Waals surface area (Å²) in [6, 6.07) is 0. The van der Waals surface area contributed by atoms with Crippen LogP contribution in [-0.2, 0) is 0 Å². The third kappa shape index (κ3) is 4.77. The van der Waals surface area contributed by atoms with Crippen molar-refractivity contribution >= 4 is 0 Å². The molecule has 0 heterocycles. The van der Waals surface area contributed by atoms with E-state index in [0.717, 1.165) is 25.2 Å². The molecule has 0 saturated heterocycles. The summed E-state index contributed by atoms with van der Waals surface area (Å²) in [6.07, 6.45) is 18.5. The van der Waals surface area contributed by atoms with Gasteiger partial charge in [-0.25, -0.2) is 4.39 Å². The monoisotopic (exact) mass is 274 g/mol. The van der Waals surface area contributed by atoms with Crippen LogP contribution in [0, 0.1) is 11.8 Å². The molecule has 0 amide bonds. The summed E-state index contributed by atoms with van der Waals surface area (Å²) < 4.78 is 13.1. The van der Waals surface area contributed by atoms with Crippen LogP contribution in [0.25, 0.3) is 0 Å². The van der Waals surface area contributed by atoms with E-state index in [-0.39, 0.29) is 5.83 Å². The van der Waals surface area contributed by atoms with Crippen molar-refractivity contribution < 1.29 is 4.39 Å². The van der Waals surface area contributed by atoms with E-state index in [9.17, 15) is 4.39 Å². The number of allylic oxidation sites excluding steroid dienone is 8. The van der Waals surface area contributed by atoms with E-state index in [1.165, 1.54) is 24.8 Å². The van der Waals surface area contributed by atoms with Gasteiger partial charge in [0.2, 0.25) is 0 Å². The fourth-order valence-corrected chi connectivity index (χ4v) is 2.80. The minimum Gasteiger partial charge on any atom is -0.212 e. The van der Waals surface area contributed by atoms with Gasteiger partial charge in [0.1, 0.15) is 5.83 Å². The van der Waals surface area contributed by atoms with E-state index in [4.69, 9.17) is 0 Å². The quantitative estimate of drug-likeness (QED) is 0.378. The van der Waals surface area contributed by atoms with Gasteiger partial charge in [-0.05, 0) is 62.0 Å². The van der Waals surface area contributed by atoms with Gasteiger partial charge in [0, 0.05) is 6.42 Å². The van der Waals surface area contributed by atoms with E-state index < -0.39 is 0 Å². The molecule has 0 aromatic carbocycles. The fraction of sp³-hybridized carbons (Fsp3) is 0.579. The molecule has 0 aromatic rings. The SMILES string of the molecule is CC/C=C\C(=C/CCCC1=CC=C(F)CC1C)C1CC1. The smallest absolute Gasteiger partial charge is 0.100 e. The maximum atomic E-state index is 13.1. The normalized spacial score (nSPS) is 23.9. The third-order valence-corrected chi connectivity index (χ3v) is 4.26. The second-order valence-electron chi connectivity index (χ2n) is 6.14. The van der Waals surface area contributed by atoms with Gasteiger partial charge >= 0.3 is 0 Å².